The molecule has 4 nitrogen and oxygen atoms in total. The zero-order chi connectivity index (χ0) is 15.9. The first kappa shape index (κ1) is 15.2. The van der Waals surface area contributed by atoms with Crippen LogP contribution in [0.4, 0.5) is 0 Å². The van der Waals surface area contributed by atoms with Crippen LogP contribution in [0.25, 0.3) is 11.0 Å². The van der Waals surface area contributed by atoms with Crippen molar-refractivity contribution in [3.05, 3.63) is 29.6 Å². The molecule has 1 saturated carbocycles. The molecule has 0 unspecified atom stereocenters. The lowest BCUT2D eigenvalue weighted by Crippen LogP contribution is -2.35. The molecule has 124 valence electrons. The van der Waals surface area contributed by atoms with Crippen LogP contribution in [-0.4, -0.2) is 29.0 Å². The number of ether oxygens (including phenoxy) is 2. The van der Waals surface area contributed by atoms with Gasteiger partial charge in [-0.2, -0.15) is 0 Å². The molecule has 2 aromatic heterocycles. The fourth-order valence-corrected chi connectivity index (χ4v) is 4.02. The Labute approximate surface area is 137 Å². The van der Waals surface area contributed by atoms with E-state index in [0.29, 0.717) is 11.8 Å². The molecule has 1 aliphatic heterocycles. The van der Waals surface area contributed by atoms with Crippen LogP contribution >= 0.6 is 0 Å². The highest BCUT2D eigenvalue weighted by Gasteiger charge is 2.40. The van der Waals surface area contributed by atoms with Crippen molar-refractivity contribution in [1.82, 2.24) is 9.97 Å². The molecule has 23 heavy (non-hydrogen) atoms. The number of hydrogen-bond acceptors (Lipinski definition) is 3. The van der Waals surface area contributed by atoms with Crippen molar-refractivity contribution < 1.29 is 9.47 Å². The second-order valence-electron chi connectivity index (χ2n) is 7.35. The van der Waals surface area contributed by atoms with Crippen molar-refractivity contribution in [3.63, 3.8) is 0 Å². The zero-order valence-corrected chi connectivity index (χ0v) is 14.1. The number of aromatic nitrogens is 2. The molecule has 2 aromatic rings. The van der Waals surface area contributed by atoms with Gasteiger partial charge in [0.1, 0.15) is 0 Å². The first-order valence-corrected chi connectivity index (χ1v) is 8.90. The van der Waals surface area contributed by atoms with Gasteiger partial charge in [-0.15, -0.1) is 0 Å². The van der Waals surface area contributed by atoms with Gasteiger partial charge in [-0.1, -0.05) is 13.8 Å². The van der Waals surface area contributed by atoms with Gasteiger partial charge in [0.2, 0.25) is 0 Å². The van der Waals surface area contributed by atoms with Crippen LogP contribution in [0, 0.1) is 5.92 Å². The SMILES string of the molecule is CC(C)c1c[nH]c2ccc(CC3CCC4(CC3)OCCO4)nc12. The second-order valence-corrected chi connectivity index (χ2v) is 7.35. The van der Waals surface area contributed by atoms with Gasteiger partial charge in [-0.3, -0.25) is 4.98 Å². The topological polar surface area (TPSA) is 47.1 Å². The van der Waals surface area contributed by atoms with Crippen molar-refractivity contribution >= 4 is 11.0 Å². The molecule has 1 spiro atoms. The first-order chi connectivity index (χ1) is 11.2. The monoisotopic (exact) mass is 314 g/mol. The van der Waals surface area contributed by atoms with Crippen LogP contribution in [0.1, 0.15) is 56.7 Å². The number of fused-ring (bicyclic) bond motifs is 1. The lowest BCUT2D eigenvalue weighted by molar-refractivity contribution is -0.182. The van der Waals surface area contributed by atoms with E-state index in [0.717, 1.165) is 43.5 Å². The van der Waals surface area contributed by atoms with E-state index in [-0.39, 0.29) is 5.79 Å². The van der Waals surface area contributed by atoms with E-state index in [2.05, 4.69) is 37.2 Å². The Hall–Kier alpha value is -1.39. The molecule has 0 bridgehead atoms. The number of aromatic amines is 1. The normalized spacial score (nSPS) is 21.7. The maximum absolute atomic E-state index is 5.83. The quantitative estimate of drug-likeness (QED) is 0.925. The third-order valence-corrected chi connectivity index (χ3v) is 5.41. The average molecular weight is 314 g/mol. The zero-order valence-electron chi connectivity index (χ0n) is 14.1. The molecular weight excluding hydrogens is 288 g/mol. The van der Waals surface area contributed by atoms with Crippen LogP contribution in [0.3, 0.4) is 0 Å². The van der Waals surface area contributed by atoms with E-state index in [1.807, 2.05) is 0 Å². The predicted octanol–water partition coefficient (Wildman–Crippen LogP) is 4.16. The molecule has 0 amide bonds. The van der Waals surface area contributed by atoms with Crippen molar-refractivity contribution in [3.8, 4) is 0 Å². The molecule has 0 radical (unpaired) electrons. The third-order valence-electron chi connectivity index (χ3n) is 5.41. The van der Waals surface area contributed by atoms with Crippen molar-refractivity contribution in [2.24, 2.45) is 5.92 Å². The van der Waals surface area contributed by atoms with Gasteiger partial charge in [0, 0.05) is 24.7 Å². The molecule has 2 fully saturated rings. The molecule has 0 atom stereocenters. The molecule has 1 N–H and O–H groups in total. The average Bonchev–Trinajstić information content (AvgIpc) is 3.17. The highest BCUT2D eigenvalue weighted by atomic mass is 16.7. The summed E-state index contributed by atoms with van der Waals surface area (Å²) in [5.74, 6) is 0.941. The van der Waals surface area contributed by atoms with Gasteiger partial charge < -0.3 is 14.5 Å². The highest BCUT2D eigenvalue weighted by Crippen LogP contribution is 2.39. The van der Waals surface area contributed by atoms with E-state index in [1.54, 1.807) is 0 Å². The summed E-state index contributed by atoms with van der Waals surface area (Å²) in [6, 6.07) is 4.35. The standard InChI is InChI=1S/C19H26N2O2/c1-13(2)16-12-20-17-4-3-15(21-18(16)17)11-14-5-7-19(8-6-14)22-9-10-23-19/h3-4,12-14,20H,5-11H2,1-2H3. The van der Waals surface area contributed by atoms with Gasteiger partial charge in [-0.05, 0) is 48.8 Å². The van der Waals surface area contributed by atoms with Gasteiger partial charge in [0.15, 0.2) is 5.79 Å². The van der Waals surface area contributed by atoms with Crippen LogP contribution in [-0.2, 0) is 15.9 Å². The number of nitrogens with zero attached hydrogens (tertiary/aromatic N) is 1. The predicted molar refractivity (Wildman–Crippen MR) is 90.5 cm³/mol. The Kier molecular flexibility index (Phi) is 3.90. The fourth-order valence-electron chi connectivity index (χ4n) is 4.02. The summed E-state index contributed by atoms with van der Waals surface area (Å²) in [7, 11) is 0. The molecule has 3 heterocycles. The lowest BCUT2D eigenvalue weighted by atomic mass is 9.82. The first-order valence-electron chi connectivity index (χ1n) is 8.90. The van der Waals surface area contributed by atoms with Gasteiger partial charge in [-0.25, -0.2) is 0 Å². The van der Waals surface area contributed by atoms with Crippen molar-refractivity contribution in [2.75, 3.05) is 13.2 Å². The Morgan fingerprint density at radius 3 is 2.65 bits per heavy atom. The number of hydrogen-bond donors (Lipinski definition) is 1. The summed E-state index contributed by atoms with van der Waals surface area (Å²) >= 11 is 0. The Bertz CT molecular complexity index is 676. The summed E-state index contributed by atoms with van der Waals surface area (Å²) in [6.45, 7) is 5.96. The number of pyridine rings is 1. The van der Waals surface area contributed by atoms with Gasteiger partial charge in [0.05, 0.1) is 24.2 Å². The lowest BCUT2D eigenvalue weighted by Gasteiger charge is -2.35. The third kappa shape index (κ3) is 2.90. The van der Waals surface area contributed by atoms with Crippen LogP contribution in [0.5, 0.6) is 0 Å². The minimum absolute atomic E-state index is 0.251. The summed E-state index contributed by atoms with van der Waals surface area (Å²) in [6.07, 6.45) is 7.57. The minimum Gasteiger partial charge on any atom is -0.360 e. The summed E-state index contributed by atoms with van der Waals surface area (Å²) in [5, 5.41) is 0. The Morgan fingerprint density at radius 1 is 1.22 bits per heavy atom. The molecule has 1 aliphatic carbocycles. The minimum atomic E-state index is -0.251. The molecule has 2 aliphatic rings. The van der Waals surface area contributed by atoms with Crippen LogP contribution in [0.15, 0.2) is 18.3 Å². The van der Waals surface area contributed by atoms with E-state index in [1.165, 1.54) is 24.1 Å². The highest BCUT2D eigenvalue weighted by molar-refractivity contribution is 5.79. The summed E-state index contributed by atoms with van der Waals surface area (Å²) in [4.78, 5) is 8.28. The molecular formula is C19H26N2O2. The number of rotatable bonds is 3. The molecule has 4 rings (SSSR count). The van der Waals surface area contributed by atoms with Crippen molar-refractivity contribution in [1.29, 1.82) is 0 Å². The number of nitrogens with one attached hydrogen (secondary N) is 1. The molecule has 0 aromatic carbocycles. The van der Waals surface area contributed by atoms with E-state index >= 15 is 0 Å². The van der Waals surface area contributed by atoms with Gasteiger partial charge >= 0.3 is 0 Å². The molecule has 1 saturated heterocycles. The van der Waals surface area contributed by atoms with E-state index < -0.39 is 0 Å². The maximum atomic E-state index is 5.83. The van der Waals surface area contributed by atoms with Crippen LogP contribution in [0.2, 0.25) is 0 Å². The van der Waals surface area contributed by atoms with E-state index in [4.69, 9.17) is 14.5 Å². The Balaban J connectivity index is 1.46. The maximum Gasteiger partial charge on any atom is 0.168 e. The Morgan fingerprint density at radius 2 is 1.96 bits per heavy atom. The fraction of sp³-hybridized carbons (Fsp3) is 0.632. The van der Waals surface area contributed by atoms with Crippen LogP contribution < -0.4 is 0 Å². The smallest absolute Gasteiger partial charge is 0.168 e. The largest absolute Gasteiger partial charge is 0.360 e. The molecule has 4 heteroatoms. The summed E-state index contributed by atoms with van der Waals surface area (Å²) < 4.78 is 11.7. The summed E-state index contributed by atoms with van der Waals surface area (Å²) in [5.41, 5.74) is 4.82. The van der Waals surface area contributed by atoms with Gasteiger partial charge in [0.25, 0.3) is 0 Å². The van der Waals surface area contributed by atoms with Crippen molar-refractivity contribution in [2.45, 2.75) is 57.7 Å². The second kappa shape index (κ2) is 5.91. The van der Waals surface area contributed by atoms with E-state index in [9.17, 15) is 0 Å². The number of H-pyrrole nitrogens is 1.